The smallest absolute Gasteiger partial charge is 0.258 e. The fraction of sp³-hybridized carbons (Fsp3) is 0.312. The van der Waals surface area contributed by atoms with Crippen molar-refractivity contribution >= 4 is 5.91 Å². The summed E-state index contributed by atoms with van der Waals surface area (Å²) < 4.78 is 13.8. The summed E-state index contributed by atoms with van der Waals surface area (Å²) in [4.78, 5) is 20.9. The lowest BCUT2D eigenvalue weighted by Gasteiger charge is -2.17. The van der Waals surface area contributed by atoms with Gasteiger partial charge in [0.05, 0.1) is 6.04 Å². The number of phenolic OH excluding ortho intramolecular Hbond substituents is 1. The number of hydrogen-bond acceptors (Lipinski definition) is 4. The summed E-state index contributed by atoms with van der Waals surface area (Å²) in [7, 11) is 0. The van der Waals surface area contributed by atoms with Gasteiger partial charge in [-0.1, -0.05) is 6.07 Å². The van der Waals surface area contributed by atoms with Crippen LogP contribution >= 0.6 is 0 Å². The third kappa shape index (κ3) is 2.90. The van der Waals surface area contributed by atoms with Crippen molar-refractivity contribution in [3.63, 3.8) is 0 Å². The van der Waals surface area contributed by atoms with Crippen molar-refractivity contribution in [1.82, 2.24) is 15.3 Å². The molecule has 2 N–H and O–H groups in total. The van der Waals surface area contributed by atoms with Gasteiger partial charge in [-0.25, -0.2) is 14.4 Å². The minimum Gasteiger partial charge on any atom is -0.507 e. The molecule has 1 fully saturated rings. The Balaban J connectivity index is 1.87. The Labute approximate surface area is 127 Å². The molecule has 0 spiro atoms. The minimum absolute atomic E-state index is 0.250. The number of benzene rings is 1. The Kier molecular flexibility index (Phi) is 3.75. The molecule has 1 aromatic carbocycles. The van der Waals surface area contributed by atoms with Gasteiger partial charge in [0.1, 0.15) is 17.1 Å². The summed E-state index contributed by atoms with van der Waals surface area (Å²) in [6, 6.07) is 5.19. The largest absolute Gasteiger partial charge is 0.507 e. The average molecular weight is 301 g/mol. The summed E-state index contributed by atoms with van der Waals surface area (Å²) in [6.45, 7) is 1.85. The molecule has 3 rings (SSSR count). The zero-order chi connectivity index (χ0) is 15.7. The number of halogens is 1. The molecule has 0 radical (unpaired) electrons. The van der Waals surface area contributed by atoms with E-state index in [9.17, 15) is 14.3 Å². The highest BCUT2D eigenvalue weighted by atomic mass is 19.1. The van der Waals surface area contributed by atoms with E-state index in [1.807, 2.05) is 6.92 Å². The number of hydrogen-bond donors (Lipinski definition) is 2. The van der Waals surface area contributed by atoms with E-state index in [0.717, 1.165) is 24.6 Å². The van der Waals surface area contributed by atoms with Crippen LogP contribution < -0.4 is 5.32 Å². The van der Waals surface area contributed by atoms with Crippen molar-refractivity contribution in [1.29, 1.82) is 0 Å². The maximum Gasteiger partial charge on any atom is 0.258 e. The minimum atomic E-state index is -0.753. The highest BCUT2D eigenvalue weighted by Gasteiger charge is 2.36. The van der Waals surface area contributed by atoms with Crippen LogP contribution in [0.15, 0.2) is 30.5 Å². The lowest BCUT2D eigenvalue weighted by atomic mass is 10.1. The Morgan fingerprint density at radius 3 is 2.82 bits per heavy atom. The van der Waals surface area contributed by atoms with Gasteiger partial charge in [0.15, 0.2) is 5.82 Å². The molecule has 0 bridgehead atoms. The van der Waals surface area contributed by atoms with Crippen LogP contribution in [-0.4, -0.2) is 21.0 Å². The van der Waals surface area contributed by atoms with Gasteiger partial charge in [0.25, 0.3) is 5.91 Å². The standard InChI is InChI=1S/C16H16FN3O2/c1-9-7-8-18-15(19-9)14(10-5-6-10)20-16(22)13-11(17)3-2-4-12(13)21/h2-4,7-8,10,14,21H,5-6H2,1H3,(H,20,22)/t14-/m0/s1. The van der Waals surface area contributed by atoms with Crippen LogP contribution in [0, 0.1) is 18.7 Å². The van der Waals surface area contributed by atoms with Gasteiger partial charge in [-0.05, 0) is 43.9 Å². The summed E-state index contributed by atoms with van der Waals surface area (Å²) in [5.74, 6) is -1.02. The van der Waals surface area contributed by atoms with E-state index in [0.29, 0.717) is 5.82 Å². The molecule has 114 valence electrons. The first-order valence-electron chi connectivity index (χ1n) is 7.14. The predicted molar refractivity (Wildman–Crippen MR) is 77.8 cm³/mol. The van der Waals surface area contributed by atoms with Gasteiger partial charge < -0.3 is 10.4 Å². The number of rotatable bonds is 4. The maximum atomic E-state index is 13.8. The molecular weight excluding hydrogens is 285 g/mol. The molecular formula is C16H16FN3O2. The topological polar surface area (TPSA) is 75.1 Å². The van der Waals surface area contributed by atoms with E-state index in [2.05, 4.69) is 15.3 Å². The van der Waals surface area contributed by atoms with E-state index in [-0.39, 0.29) is 23.3 Å². The van der Waals surface area contributed by atoms with Crippen molar-refractivity contribution in [2.24, 2.45) is 5.92 Å². The molecule has 1 aliphatic carbocycles. The van der Waals surface area contributed by atoms with Crippen molar-refractivity contribution in [3.05, 3.63) is 53.4 Å². The van der Waals surface area contributed by atoms with E-state index in [1.165, 1.54) is 12.1 Å². The lowest BCUT2D eigenvalue weighted by Crippen LogP contribution is -2.32. The van der Waals surface area contributed by atoms with Crippen LogP contribution in [0.3, 0.4) is 0 Å². The molecule has 1 aliphatic rings. The van der Waals surface area contributed by atoms with Crippen molar-refractivity contribution in [3.8, 4) is 5.75 Å². The van der Waals surface area contributed by atoms with Crippen LogP contribution in [0.5, 0.6) is 5.75 Å². The summed E-state index contributed by atoms with van der Waals surface area (Å²) in [5, 5.41) is 12.5. The average Bonchev–Trinajstić information content (AvgIpc) is 3.29. The van der Waals surface area contributed by atoms with E-state index < -0.39 is 11.7 Å². The molecule has 5 nitrogen and oxygen atoms in total. The number of nitrogens with one attached hydrogen (secondary N) is 1. The third-order valence-corrected chi connectivity index (χ3v) is 3.69. The number of aromatic nitrogens is 2. The molecule has 1 saturated carbocycles. The molecule has 1 atom stereocenters. The molecule has 0 saturated heterocycles. The highest BCUT2D eigenvalue weighted by molar-refractivity contribution is 5.97. The number of aromatic hydroxyl groups is 1. The van der Waals surface area contributed by atoms with E-state index in [4.69, 9.17) is 0 Å². The van der Waals surface area contributed by atoms with Gasteiger partial charge >= 0.3 is 0 Å². The molecule has 22 heavy (non-hydrogen) atoms. The Bertz CT molecular complexity index is 696. The lowest BCUT2D eigenvalue weighted by molar-refractivity contribution is 0.0922. The summed E-state index contributed by atoms with van der Waals surface area (Å²) >= 11 is 0. The molecule has 1 aromatic heterocycles. The SMILES string of the molecule is Cc1ccnc([C@@H](NC(=O)c2c(O)cccc2F)C2CC2)n1. The summed E-state index contributed by atoms with van der Waals surface area (Å²) in [5.41, 5.74) is 0.458. The van der Waals surface area contributed by atoms with Crippen LogP contribution in [0.25, 0.3) is 0 Å². The second-order valence-electron chi connectivity index (χ2n) is 5.48. The first-order valence-corrected chi connectivity index (χ1v) is 7.14. The molecule has 2 aromatic rings. The van der Waals surface area contributed by atoms with Crippen LogP contribution in [0.1, 0.15) is 40.8 Å². The molecule has 0 unspecified atom stereocenters. The Morgan fingerprint density at radius 2 is 2.18 bits per heavy atom. The molecule has 1 heterocycles. The fourth-order valence-electron chi connectivity index (χ4n) is 2.39. The van der Waals surface area contributed by atoms with E-state index in [1.54, 1.807) is 12.3 Å². The first-order chi connectivity index (χ1) is 10.6. The first kappa shape index (κ1) is 14.4. The third-order valence-electron chi connectivity index (χ3n) is 3.69. The second kappa shape index (κ2) is 5.71. The second-order valence-corrected chi connectivity index (χ2v) is 5.48. The summed E-state index contributed by atoms with van der Waals surface area (Å²) in [6.07, 6.45) is 3.57. The van der Waals surface area contributed by atoms with Crippen LogP contribution in [-0.2, 0) is 0 Å². The number of phenols is 1. The molecule has 6 heteroatoms. The van der Waals surface area contributed by atoms with E-state index >= 15 is 0 Å². The monoisotopic (exact) mass is 301 g/mol. The zero-order valence-electron chi connectivity index (χ0n) is 12.1. The van der Waals surface area contributed by atoms with Crippen LogP contribution in [0.4, 0.5) is 4.39 Å². The van der Waals surface area contributed by atoms with Crippen LogP contribution in [0.2, 0.25) is 0 Å². The van der Waals surface area contributed by atoms with Gasteiger partial charge in [-0.3, -0.25) is 4.79 Å². The Morgan fingerprint density at radius 1 is 1.41 bits per heavy atom. The number of carbonyl (C=O) groups excluding carboxylic acids is 1. The Hall–Kier alpha value is -2.50. The van der Waals surface area contributed by atoms with Gasteiger partial charge in [0, 0.05) is 11.9 Å². The zero-order valence-corrected chi connectivity index (χ0v) is 12.1. The number of amides is 1. The molecule has 0 aliphatic heterocycles. The van der Waals surface area contributed by atoms with Gasteiger partial charge in [0.2, 0.25) is 0 Å². The number of carbonyl (C=O) groups is 1. The maximum absolute atomic E-state index is 13.8. The van der Waals surface area contributed by atoms with Crippen molar-refractivity contribution in [2.75, 3.05) is 0 Å². The molecule has 1 amide bonds. The van der Waals surface area contributed by atoms with Gasteiger partial charge in [-0.2, -0.15) is 0 Å². The number of nitrogens with zero attached hydrogens (tertiary/aromatic N) is 2. The fourth-order valence-corrected chi connectivity index (χ4v) is 2.39. The van der Waals surface area contributed by atoms with Crippen molar-refractivity contribution < 1.29 is 14.3 Å². The predicted octanol–water partition coefficient (Wildman–Crippen LogP) is 2.51. The highest BCUT2D eigenvalue weighted by Crippen LogP contribution is 2.40. The van der Waals surface area contributed by atoms with Crippen molar-refractivity contribution in [2.45, 2.75) is 25.8 Å². The quantitative estimate of drug-likeness (QED) is 0.910. The van der Waals surface area contributed by atoms with Gasteiger partial charge in [-0.15, -0.1) is 0 Å². The number of aryl methyl sites for hydroxylation is 1. The normalized spacial score (nSPS) is 15.4.